The van der Waals surface area contributed by atoms with Crippen LogP contribution in [-0.2, 0) is 22.6 Å². The summed E-state index contributed by atoms with van der Waals surface area (Å²) in [7, 11) is 0. The molecule has 0 fully saturated rings. The van der Waals surface area contributed by atoms with Crippen LogP contribution in [0.4, 0.5) is 0 Å². The van der Waals surface area contributed by atoms with E-state index in [4.69, 9.17) is 4.74 Å². The fourth-order valence-electron chi connectivity index (χ4n) is 2.54. The average Bonchev–Trinajstić information content (AvgIpc) is 2.60. The van der Waals surface area contributed by atoms with Crippen LogP contribution in [0.3, 0.4) is 0 Å². The van der Waals surface area contributed by atoms with Crippen molar-refractivity contribution in [2.45, 2.75) is 39.6 Å². The normalized spacial score (nSPS) is 12.0. The Hall–Kier alpha value is -2.39. The lowest BCUT2D eigenvalue weighted by Crippen LogP contribution is -2.37. The number of hydrogen-bond acceptors (Lipinski definition) is 3. The topological polar surface area (TPSA) is 29.5 Å². The van der Waals surface area contributed by atoms with Gasteiger partial charge in [0.05, 0.1) is 0 Å². The Labute approximate surface area is 144 Å². The van der Waals surface area contributed by atoms with Crippen molar-refractivity contribution in [2.75, 3.05) is 0 Å². The monoisotopic (exact) mass is 323 g/mol. The first-order valence-corrected chi connectivity index (χ1v) is 8.28. The van der Waals surface area contributed by atoms with Gasteiger partial charge >= 0.3 is 5.97 Å². The molecule has 0 bridgehead atoms. The van der Waals surface area contributed by atoms with E-state index in [1.807, 2.05) is 43.3 Å². The smallest absolute Gasteiger partial charge is 0.334 e. The average molecular weight is 323 g/mol. The highest BCUT2D eigenvalue weighted by Crippen LogP contribution is 2.17. The minimum Gasteiger partial charge on any atom is -0.443 e. The Kier molecular flexibility index (Phi) is 6.76. The van der Waals surface area contributed by atoms with Crippen molar-refractivity contribution in [2.24, 2.45) is 0 Å². The molecule has 2 aromatic carbocycles. The molecule has 0 saturated heterocycles. The molecule has 24 heavy (non-hydrogen) atoms. The van der Waals surface area contributed by atoms with Crippen LogP contribution in [0.2, 0.25) is 0 Å². The molecule has 1 unspecified atom stereocenters. The van der Waals surface area contributed by atoms with E-state index in [2.05, 4.69) is 35.7 Å². The maximum atomic E-state index is 12.0. The zero-order valence-electron chi connectivity index (χ0n) is 14.4. The summed E-state index contributed by atoms with van der Waals surface area (Å²) in [5.74, 6) is -0.340. The summed E-state index contributed by atoms with van der Waals surface area (Å²) in [5.41, 5.74) is 2.81. The van der Waals surface area contributed by atoms with Gasteiger partial charge in [0.25, 0.3) is 0 Å². The molecule has 0 aliphatic rings. The molecule has 0 spiro atoms. The van der Waals surface area contributed by atoms with Gasteiger partial charge in [-0.3, -0.25) is 4.90 Å². The summed E-state index contributed by atoms with van der Waals surface area (Å²) in [4.78, 5) is 14.2. The van der Waals surface area contributed by atoms with Crippen LogP contribution >= 0.6 is 0 Å². The maximum absolute atomic E-state index is 12.0. The third-order valence-electron chi connectivity index (χ3n) is 3.81. The Morgan fingerprint density at radius 2 is 1.46 bits per heavy atom. The molecule has 2 rings (SSSR count). The van der Waals surface area contributed by atoms with Crippen molar-refractivity contribution in [3.63, 3.8) is 0 Å². The Morgan fingerprint density at radius 3 is 1.83 bits per heavy atom. The first-order valence-electron chi connectivity index (χ1n) is 8.28. The number of benzene rings is 2. The van der Waals surface area contributed by atoms with Crippen molar-refractivity contribution >= 4 is 5.97 Å². The molecular formula is C21H25NO2. The molecule has 0 N–H and O–H groups in total. The van der Waals surface area contributed by atoms with Crippen molar-refractivity contribution in [1.29, 1.82) is 0 Å². The molecular weight excluding hydrogens is 298 g/mol. The third-order valence-corrected chi connectivity index (χ3v) is 3.81. The van der Waals surface area contributed by atoms with E-state index < -0.39 is 0 Å². The van der Waals surface area contributed by atoms with Gasteiger partial charge in [0, 0.05) is 18.7 Å². The van der Waals surface area contributed by atoms with Crippen LogP contribution in [0.5, 0.6) is 0 Å². The molecule has 126 valence electrons. The second-order valence-corrected chi connectivity index (χ2v) is 5.92. The summed E-state index contributed by atoms with van der Waals surface area (Å²) in [6.07, 6.45) is 0.438. The van der Waals surface area contributed by atoms with Gasteiger partial charge < -0.3 is 4.74 Å². The van der Waals surface area contributed by atoms with Crippen LogP contribution in [0.1, 0.15) is 31.4 Å². The summed E-state index contributed by atoms with van der Waals surface area (Å²) in [6, 6.07) is 20.5. The SMILES string of the molecule is C=C(C)C(=O)OC(CC)N(Cc1ccccc1)Cc1ccccc1. The minimum absolute atomic E-state index is 0.283. The lowest BCUT2D eigenvalue weighted by Gasteiger charge is -2.31. The van der Waals surface area contributed by atoms with E-state index in [-0.39, 0.29) is 12.2 Å². The van der Waals surface area contributed by atoms with Gasteiger partial charge in [-0.2, -0.15) is 0 Å². The summed E-state index contributed by atoms with van der Waals surface area (Å²) < 4.78 is 5.66. The third kappa shape index (κ3) is 5.36. The van der Waals surface area contributed by atoms with Crippen molar-refractivity contribution < 1.29 is 9.53 Å². The predicted octanol–water partition coefficient (Wildman–Crippen LogP) is 4.54. The largest absolute Gasteiger partial charge is 0.443 e. The highest BCUT2D eigenvalue weighted by molar-refractivity contribution is 5.87. The predicted molar refractivity (Wildman–Crippen MR) is 97.1 cm³/mol. The molecule has 0 amide bonds. The summed E-state index contributed by atoms with van der Waals surface area (Å²) in [5, 5.41) is 0. The minimum atomic E-state index is -0.340. The number of carbonyl (C=O) groups excluding carboxylic acids is 1. The van der Waals surface area contributed by atoms with Gasteiger partial charge in [0.2, 0.25) is 0 Å². The van der Waals surface area contributed by atoms with Gasteiger partial charge in [-0.05, 0) is 24.5 Å². The van der Waals surface area contributed by atoms with Gasteiger partial charge in [0.15, 0.2) is 6.23 Å². The molecule has 3 nitrogen and oxygen atoms in total. The Morgan fingerprint density at radius 1 is 1.00 bits per heavy atom. The van der Waals surface area contributed by atoms with Crippen LogP contribution in [0.15, 0.2) is 72.8 Å². The van der Waals surface area contributed by atoms with Crippen LogP contribution in [0.25, 0.3) is 0 Å². The van der Waals surface area contributed by atoms with E-state index in [1.165, 1.54) is 11.1 Å². The number of ether oxygens (including phenoxy) is 1. The number of esters is 1. The number of carbonyl (C=O) groups is 1. The fraction of sp³-hybridized carbons (Fsp3) is 0.286. The lowest BCUT2D eigenvalue weighted by molar-refractivity contribution is -0.156. The highest BCUT2D eigenvalue weighted by Gasteiger charge is 2.21. The fourth-order valence-corrected chi connectivity index (χ4v) is 2.54. The molecule has 1 atom stereocenters. The van der Waals surface area contributed by atoms with Crippen molar-refractivity contribution in [3.05, 3.63) is 83.9 Å². The molecule has 0 heterocycles. The zero-order valence-corrected chi connectivity index (χ0v) is 14.4. The van der Waals surface area contributed by atoms with E-state index in [1.54, 1.807) is 6.92 Å². The highest BCUT2D eigenvalue weighted by atomic mass is 16.6. The van der Waals surface area contributed by atoms with Crippen LogP contribution in [0, 0.1) is 0 Å². The standard InChI is InChI=1S/C21H25NO2/c1-4-20(24-21(23)17(2)3)22(15-18-11-7-5-8-12-18)16-19-13-9-6-10-14-19/h5-14,20H,2,4,15-16H2,1,3H3. The zero-order chi connectivity index (χ0) is 17.4. The second kappa shape index (κ2) is 9.04. The van der Waals surface area contributed by atoms with E-state index in [0.717, 1.165) is 19.5 Å². The maximum Gasteiger partial charge on any atom is 0.334 e. The molecule has 0 radical (unpaired) electrons. The molecule has 3 heteroatoms. The first-order chi connectivity index (χ1) is 11.6. The van der Waals surface area contributed by atoms with Crippen molar-refractivity contribution in [1.82, 2.24) is 4.90 Å². The number of rotatable bonds is 8. The second-order valence-electron chi connectivity index (χ2n) is 5.92. The van der Waals surface area contributed by atoms with Gasteiger partial charge in [-0.15, -0.1) is 0 Å². The van der Waals surface area contributed by atoms with Crippen molar-refractivity contribution in [3.8, 4) is 0 Å². The van der Waals surface area contributed by atoms with Gasteiger partial charge in [-0.1, -0.05) is 74.2 Å². The molecule has 0 aliphatic heterocycles. The molecule has 0 aliphatic carbocycles. The van der Waals surface area contributed by atoms with Crippen LogP contribution < -0.4 is 0 Å². The number of hydrogen-bond donors (Lipinski definition) is 0. The van der Waals surface area contributed by atoms with E-state index >= 15 is 0 Å². The van der Waals surface area contributed by atoms with Crippen LogP contribution in [-0.4, -0.2) is 17.1 Å². The summed E-state index contributed by atoms with van der Waals surface area (Å²) in [6.45, 7) is 8.82. The van der Waals surface area contributed by atoms with Gasteiger partial charge in [0.1, 0.15) is 0 Å². The lowest BCUT2D eigenvalue weighted by atomic mass is 10.1. The quantitative estimate of drug-likeness (QED) is 0.406. The number of nitrogens with zero attached hydrogens (tertiary/aromatic N) is 1. The molecule has 0 aromatic heterocycles. The summed E-state index contributed by atoms with van der Waals surface area (Å²) >= 11 is 0. The van der Waals surface area contributed by atoms with E-state index in [0.29, 0.717) is 5.57 Å². The Bertz CT molecular complexity index is 611. The molecule has 0 saturated carbocycles. The Balaban J connectivity index is 2.19. The van der Waals surface area contributed by atoms with Gasteiger partial charge in [-0.25, -0.2) is 4.79 Å². The first kappa shape index (κ1) is 18.0. The molecule has 2 aromatic rings. The van der Waals surface area contributed by atoms with E-state index in [9.17, 15) is 4.79 Å².